The van der Waals surface area contributed by atoms with Gasteiger partial charge in [0.1, 0.15) is 23.0 Å². The minimum Gasteiger partial charge on any atom is -0.508 e. The van der Waals surface area contributed by atoms with E-state index in [1.54, 1.807) is 37.3 Å². The molecule has 10 nitrogen and oxygen atoms in total. The van der Waals surface area contributed by atoms with Crippen LogP contribution in [0.25, 0.3) is 17.1 Å². The zero-order chi connectivity index (χ0) is 26.0. The van der Waals surface area contributed by atoms with Crippen LogP contribution in [0.3, 0.4) is 0 Å². The van der Waals surface area contributed by atoms with E-state index in [4.69, 9.17) is 4.74 Å². The average molecular weight is 491 g/mol. The molecule has 0 radical (unpaired) electrons. The van der Waals surface area contributed by atoms with Gasteiger partial charge in [0.15, 0.2) is 17.3 Å². The third-order valence-corrected chi connectivity index (χ3v) is 5.49. The molecule has 0 aliphatic heterocycles. The molecule has 0 bridgehead atoms. The Morgan fingerprint density at radius 1 is 0.889 bits per heavy atom. The number of nitrogens with zero attached hydrogens (tertiary/aromatic N) is 3. The van der Waals surface area contributed by atoms with Crippen molar-refractivity contribution in [3.63, 3.8) is 0 Å². The van der Waals surface area contributed by atoms with Crippen LogP contribution in [0.2, 0.25) is 0 Å². The number of rotatable bonds is 7. The van der Waals surface area contributed by atoms with E-state index in [1.807, 2.05) is 13.8 Å². The quantitative estimate of drug-likeness (QED) is 0.239. The van der Waals surface area contributed by atoms with Crippen molar-refractivity contribution in [2.75, 3.05) is 6.54 Å². The Kier molecular flexibility index (Phi) is 6.69. The molecule has 0 atom stereocenters. The van der Waals surface area contributed by atoms with Gasteiger partial charge in [-0.2, -0.15) is 0 Å². The smallest absolute Gasteiger partial charge is 0.289 e. The predicted molar refractivity (Wildman–Crippen MR) is 132 cm³/mol. The number of hydrogen-bond donors (Lipinski definition) is 5. The number of carbonyl (C=O) groups excluding carboxylic acids is 1. The van der Waals surface area contributed by atoms with Crippen molar-refractivity contribution in [2.45, 2.75) is 26.7 Å². The van der Waals surface area contributed by atoms with Gasteiger partial charge in [-0.3, -0.25) is 9.36 Å². The lowest BCUT2D eigenvalue weighted by Gasteiger charge is -2.15. The fraction of sp³-hybridized carbons (Fsp3) is 0.192. The van der Waals surface area contributed by atoms with Gasteiger partial charge < -0.3 is 30.5 Å². The molecule has 1 heterocycles. The summed E-state index contributed by atoms with van der Waals surface area (Å²) in [5, 5.41) is 51.0. The van der Waals surface area contributed by atoms with Crippen molar-refractivity contribution >= 4 is 5.91 Å². The molecule has 36 heavy (non-hydrogen) atoms. The van der Waals surface area contributed by atoms with Gasteiger partial charge in [-0.1, -0.05) is 13.8 Å². The van der Waals surface area contributed by atoms with Crippen molar-refractivity contribution in [1.29, 1.82) is 0 Å². The Labute approximate surface area is 207 Å². The van der Waals surface area contributed by atoms with E-state index in [-0.39, 0.29) is 40.6 Å². The van der Waals surface area contributed by atoms with Crippen LogP contribution >= 0.6 is 0 Å². The molecule has 4 aromatic rings. The Morgan fingerprint density at radius 2 is 1.58 bits per heavy atom. The molecule has 0 spiro atoms. The van der Waals surface area contributed by atoms with E-state index in [0.717, 1.165) is 0 Å². The summed E-state index contributed by atoms with van der Waals surface area (Å²) in [5.74, 6) is -0.293. The lowest BCUT2D eigenvalue weighted by atomic mass is 9.98. The maximum atomic E-state index is 12.8. The Bertz CT molecular complexity index is 1410. The summed E-state index contributed by atoms with van der Waals surface area (Å²) in [7, 11) is 0. The molecular formula is C26H26N4O6. The second-order valence-corrected chi connectivity index (χ2v) is 8.37. The number of phenolic OH excluding ortho intramolecular Hbond substituents is 4. The zero-order valence-electron chi connectivity index (χ0n) is 19.9. The number of phenols is 4. The molecule has 5 N–H and O–H groups in total. The summed E-state index contributed by atoms with van der Waals surface area (Å²) >= 11 is 0. The van der Waals surface area contributed by atoms with E-state index in [2.05, 4.69) is 15.5 Å². The molecule has 0 saturated carbocycles. The summed E-state index contributed by atoms with van der Waals surface area (Å²) < 4.78 is 7.24. The van der Waals surface area contributed by atoms with Crippen LogP contribution < -0.4 is 10.1 Å². The first-order valence-corrected chi connectivity index (χ1v) is 11.3. The van der Waals surface area contributed by atoms with Crippen LogP contribution in [-0.2, 0) is 0 Å². The molecule has 1 aromatic heterocycles. The molecule has 1 amide bonds. The molecule has 0 unspecified atom stereocenters. The molecule has 0 aliphatic rings. The van der Waals surface area contributed by atoms with Gasteiger partial charge in [0, 0.05) is 24.4 Å². The van der Waals surface area contributed by atoms with Gasteiger partial charge in [-0.15, -0.1) is 10.2 Å². The van der Waals surface area contributed by atoms with E-state index in [1.165, 1.54) is 28.8 Å². The number of carbonyl (C=O) groups is 1. The monoisotopic (exact) mass is 490 g/mol. The number of benzene rings is 3. The van der Waals surface area contributed by atoms with Crippen LogP contribution in [0.4, 0.5) is 0 Å². The third-order valence-electron chi connectivity index (χ3n) is 5.49. The Balaban J connectivity index is 1.78. The van der Waals surface area contributed by atoms with Crippen LogP contribution in [0, 0.1) is 0 Å². The first kappa shape index (κ1) is 24.4. The molecular weight excluding hydrogens is 464 g/mol. The van der Waals surface area contributed by atoms with Crippen molar-refractivity contribution in [3.05, 3.63) is 66.0 Å². The van der Waals surface area contributed by atoms with Gasteiger partial charge in [0.2, 0.25) is 5.82 Å². The standard InChI is InChI=1S/C26H26N4O6/c1-4-27-26(35)25-29-28-24(19-12-18(14(2)3)21(32)13-22(19)33)30(25)15-5-7-16(8-6-15)36-17-9-10-20(31)23(34)11-17/h5-14,31-34H,4H2,1-3H3,(H,27,35). The molecule has 0 saturated heterocycles. The maximum absolute atomic E-state index is 12.8. The van der Waals surface area contributed by atoms with Gasteiger partial charge in [0.05, 0.1) is 5.56 Å². The number of amides is 1. The van der Waals surface area contributed by atoms with E-state index in [9.17, 15) is 25.2 Å². The largest absolute Gasteiger partial charge is 0.508 e. The number of hydrogen-bond acceptors (Lipinski definition) is 8. The lowest BCUT2D eigenvalue weighted by Crippen LogP contribution is -2.26. The summed E-state index contributed by atoms with van der Waals surface area (Å²) in [5.41, 5.74) is 1.44. The van der Waals surface area contributed by atoms with Gasteiger partial charge >= 0.3 is 0 Å². The lowest BCUT2D eigenvalue weighted by molar-refractivity contribution is 0.0943. The molecule has 0 aliphatic carbocycles. The van der Waals surface area contributed by atoms with E-state index >= 15 is 0 Å². The molecule has 186 valence electrons. The van der Waals surface area contributed by atoms with Crippen LogP contribution in [0.1, 0.15) is 42.9 Å². The average Bonchev–Trinajstić information content (AvgIpc) is 3.27. The van der Waals surface area contributed by atoms with Gasteiger partial charge in [-0.25, -0.2) is 0 Å². The number of ether oxygens (including phenoxy) is 1. The number of aromatic nitrogens is 3. The fourth-order valence-corrected chi connectivity index (χ4v) is 3.69. The van der Waals surface area contributed by atoms with Crippen LogP contribution in [-0.4, -0.2) is 47.6 Å². The minimum atomic E-state index is -0.446. The zero-order valence-corrected chi connectivity index (χ0v) is 19.9. The maximum Gasteiger partial charge on any atom is 0.289 e. The molecule has 10 heteroatoms. The van der Waals surface area contributed by atoms with Crippen molar-refractivity contribution in [1.82, 2.24) is 20.1 Å². The highest BCUT2D eigenvalue weighted by atomic mass is 16.5. The minimum absolute atomic E-state index is 0.0162. The fourth-order valence-electron chi connectivity index (χ4n) is 3.69. The number of nitrogens with one attached hydrogen (secondary N) is 1. The second-order valence-electron chi connectivity index (χ2n) is 8.37. The van der Waals surface area contributed by atoms with E-state index in [0.29, 0.717) is 34.9 Å². The second kappa shape index (κ2) is 9.87. The highest BCUT2D eigenvalue weighted by molar-refractivity contribution is 5.92. The summed E-state index contributed by atoms with van der Waals surface area (Å²) in [4.78, 5) is 12.8. The van der Waals surface area contributed by atoms with Crippen molar-refractivity contribution < 1.29 is 30.0 Å². The highest BCUT2D eigenvalue weighted by Gasteiger charge is 2.24. The van der Waals surface area contributed by atoms with Crippen LogP contribution in [0.5, 0.6) is 34.5 Å². The topological polar surface area (TPSA) is 150 Å². The van der Waals surface area contributed by atoms with E-state index < -0.39 is 5.91 Å². The summed E-state index contributed by atoms with van der Waals surface area (Å²) in [6.45, 7) is 5.99. The van der Waals surface area contributed by atoms with Gasteiger partial charge in [-0.05, 0) is 60.9 Å². The Hall–Kier alpha value is -4.73. The third kappa shape index (κ3) is 4.74. The van der Waals surface area contributed by atoms with Crippen molar-refractivity contribution in [3.8, 4) is 51.6 Å². The molecule has 4 rings (SSSR count). The first-order chi connectivity index (χ1) is 17.2. The predicted octanol–water partition coefficient (Wildman–Crippen LogP) is 4.42. The highest BCUT2D eigenvalue weighted by Crippen LogP contribution is 2.38. The Morgan fingerprint density at radius 3 is 2.22 bits per heavy atom. The molecule has 3 aromatic carbocycles. The van der Waals surface area contributed by atoms with Crippen LogP contribution in [0.15, 0.2) is 54.6 Å². The SMILES string of the molecule is CCNC(=O)c1nnc(-c2cc(C(C)C)c(O)cc2O)n1-c1ccc(Oc2ccc(O)c(O)c2)cc1. The number of aromatic hydroxyl groups is 4. The van der Waals surface area contributed by atoms with Crippen molar-refractivity contribution in [2.24, 2.45) is 0 Å². The first-order valence-electron chi connectivity index (χ1n) is 11.3. The normalized spacial score (nSPS) is 11.0. The summed E-state index contributed by atoms with van der Waals surface area (Å²) in [6, 6.07) is 13.7. The summed E-state index contributed by atoms with van der Waals surface area (Å²) in [6.07, 6.45) is 0. The van der Waals surface area contributed by atoms with Gasteiger partial charge in [0.25, 0.3) is 5.91 Å². The molecule has 0 fully saturated rings.